The average molecular weight is 668 g/mol. The van der Waals surface area contributed by atoms with Gasteiger partial charge in [0, 0.05) is 27.1 Å². The van der Waals surface area contributed by atoms with Crippen LogP contribution < -0.4 is 10.6 Å². The number of halogens is 7. The summed E-state index contributed by atoms with van der Waals surface area (Å²) in [5.41, 5.74) is -0.546. The maximum absolute atomic E-state index is 13.9. The second-order valence-corrected chi connectivity index (χ2v) is 11.6. The maximum Gasteiger partial charge on any atom is 0.257 e. The van der Waals surface area contributed by atoms with Gasteiger partial charge in [0.05, 0.1) is 16.0 Å². The number of carbonyl (C=O) groups is 2. The first-order valence-electron chi connectivity index (χ1n) is 10.1. The summed E-state index contributed by atoms with van der Waals surface area (Å²) in [4.78, 5) is 24.9. The fourth-order valence-corrected chi connectivity index (χ4v) is 6.49. The summed E-state index contributed by atoms with van der Waals surface area (Å²) < 4.78 is 28.1. The largest absolute Gasteiger partial charge is 0.384 e. The molecule has 1 amide bonds. The molecular weight excluding hydrogens is 652 g/mol. The van der Waals surface area contributed by atoms with Crippen LogP contribution in [-0.2, 0) is 4.79 Å². The number of aldehydes is 1. The number of alkyl halides is 2. The molecule has 0 heterocycles. The number of rotatable bonds is 7. The molecule has 1 aliphatic rings. The van der Waals surface area contributed by atoms with Crippen LogP contribution in [0.2, 0.25) is 5.02 Å². The number of carbonyl (C=O) groups excluding carboxylic acids is 2. The van der Waals surface area contributed by atoms with Crippen LogP contribution in [0, 0.1) is 17.0 Å². The van der Waals surface area contributed by atoms with Crippen LogP contribution in [0.5, 0.6) is 0 Å². The van der Waals surface area contributed by atoms with Crippen molar-refractivity contribution in [3.05, 3.63) is 91.3 Å². The van der Waals surface area contributed by atoms with Gasteiger partial charge in [0.15, 0.2) is 0 Å². The molecule has 0 saturated heterocycles. The topological polar surface area (TPSA) is 58.2 Å². The number of nitrogens with one attached hydrogen (secondary N) is 2. The predicted molar refractivity (Wildman–Crippen MR) is 142 cm³/mol. The number of amides is 1. The van der Waals surface area contributed by atoms with E-state index in [1.807, 2.05) is 18.2 Å². The molecule has 3 aromatic carbocycles. The molecule has 2 N–H and O–H groups in total. The Labute approximate surface area is 231 Å². The van der Waals surface area contributed by atoms with Gasteiger partial charge in [-0.05, 0) is 54.1 Å². The van der Waals surface area contributed by atoms with Crippen molar-refractivity contribution in [2.75, 3.05) is 17.2 Å². The fraction of sp³-hybridized carbons (Fsp3) is 0.167. The van der Waals surface area contributed by atoms with Crippen molar-refractivity contribution in [3.63, 3.8) is 0 Å². The molecule has 35 heavy (non-hydrogen) atoms. The molecule has 4 rings (SSSR count). The van der Waals surface area contributed by atoms with E-state index in [1.54, 1.807) is 6.07 Å². The van der Waals surface area contributed by atoms with Gasteiger partial charge in [0.25, 0.3) is 5.91 Å². The molecule has 4 nitrogen and oxygen atoms in total. The van der Waals surface area contributed by atoms with Gasteiger partial charge in [0.1, 0.15) is 27.9 Å². The van der Waals surface area contributed by atoms with E-state index in [0.717, 1.165) is 32.9 Å². The van der Waals surface area contributed by atoms with Crippen molar-refractivity contribution in [1.82, 2.24) is 0 Å². The number of hydrogen-bond donors (Lipinski definition) is 2. The molecule has 2 unspecified atom stereocenters. The Balaban J connectivity index is 1.55. The first-order valence-corrected chi connectivity index (χ1v) is 12.8. The fourth-order valence-electron chi connectivity index (χ4n) is 3.99. The molecule has 11 heteroatoms. The van der Waals surface area contributed by atoms with Gasteiger partial charge < -0.3 is 15.4 Å². The van der Waals surface area contributed by atoms with Crippen molar-refractivity contribution < 1.29 is 18.4 Å². The number of para-hydroxylation sites is 1. The summed E-state index contributed by atoms with van der Waals surface area (Å²) in [7, 11) is 0. The Morgan fingerprint density at radius 1 is 1.03 bits per heavy atom. The first kappa shape index (κ1) is 26.4. The van der Waals surface area contributed by atoms with Crippen molar-refractivity contribution in [1.29, 1.82) is 0 Å². The maximum atomic E-state index is 13.9. The molecule has 0 radical (unpaired) electrons. The molecule has 1 fully saturated rings. The highest BCUT2D eigenvalue weighted by molar-refractivity contribution is 9.11. The lowest BCUT2D eigenvalue weighted by atomic mass is 10.00. The predicted octanol–water partition coefficient (Wildman–Crippen LogP) is 7.96. The second-order valence-electron chi connectivity index (χ2n) is 8.02. The second kappa shape index (κ2) is 9.98. The average Bonchev–Trinajstić information content (AvgIpc) is 3.29. The van der Waals surface area contributed by atoms with Crippen LogP contribution in [-0.4, -0.2) is 23.1 Å². The quantitative estimate of drug-likeness (QED) is 0.199. The summed E-state index contributed by atoms with van der Waals surface area (Å²) in [6, 6.07) is 13.2. The lowest BCUT2D eigenvalue weighted by Crippen LogP contribution is -2.23. The lowest BCUT2D eigenvalue weighted by Gasteiger charge is -2.15. The SMILES string of the molecule is O=CC1(CNc2ccc(Cl)c(C(=O)Nc3c(F)cccc3F)c2)C(c2cc(Br)cc(Br)c2)C1(Cl)Cl. The highest BCUT2D eigenvalue weighted by Gasteiger charge is 2.76. The van der Waals surface area contributed by atoms with Crippen LogP contribution in [0.4, 0.5) is 20.2 Å². The molecule has 3 aromatic rings. The van der Waals surface area contributed by atoms with Gasteiger partial charge in [0.2, 0.25) is 0 Å². The molecule has 2 atom stereocenters. The van der Waals surface area contributed by atoms with E-state index < -0.39 is 38.9 Å². The van der Waals surface area contributed by atoms with Crippen LogP contribution in [0.15, 0.2) is 63.5 Å². The van der Waals surface area contributed by atoms with Crippen molar-refractivity contribution in [3.8, 4) is 0 Å². The summed E-state index contributed by atoms with van der Waals surface area (Å²) in [5, 5.41) is 5.36. The molecule has 0 aromatic heterocycles. The first-order chi connectivity index (χ1) is 16.5. The molecular formula is C24H15Br2Cl3F2N2O2. The minimum Gasteiger partial charge on any atom is -0.384 e. The number of anilines is 2. The van der Waals surface area contributed by atoms with E-state index >= 15 is 0 Å². The Bertz CT molecular complexity index is 1300. The Hall–Kier alpha value is -1.71. The van der Waals surface area contributed by atoms with E-state index in [4.69, 9.17) is 34.8 Å². The Morgan fingerprint density at radius 2 is 1.66 bits per heavy atom. The van der Waals surface area contributed by atoms with E-state index in [2.05, 4.69) is 42.5 Å². The van der Waals surface area contributed by atoms with Gasteiger partial charge in [-0.2, -0.15) is 0 Å². The monoisotopic (exact) mass is 664 g/mol. The third kappa shape index (κ3) is 4.96. The number of benzene rings is 3. The zero-order chi connectivity index (χ0) is 25.5. The van der Waals surface area contributed by atoms with Crippen molar-refractivity contribution in [2.24, 2.45) is 5.41 Å². The molecule has 1 aliphatic carbocycles. The van der Waals surface area contributed by atoms with Crippen LogP contribution in [0.25, 0.3) is 0 Å². The van der Waals surface area contributed by atoms with Crippen molar-refractivity contribution >= 4 is 90.2 Å². The Kier molecular flexibility index (Phi) is 7.51. The van der Waals surface area contributed by atoms with Crippen molar-refractivity contribution in [2.45, 2.75) is 10.3 Å². The zero-order valence-corrected chi connectivity index (χ0v) is 23.0. The van der Waals surface area contributed by atoms with Gasteiger partial charge in [-0.1, -0.05) is 72.7 Å². The minimum absolute atomic E-state index is 0.0225. The van der Waals surface area contributed by atoms with E-state index in [1.165, 1.54) is 18.2 Å². The molecule has 0 spiro atoms. The smallest absolute Gasteiger partial charge is 0.257 e. The van der Waals surface area contributed by atoms with Gasteiger partial charge >= 0.3 is 0 Å². The minimum atomic E-state index is -1.36. The summed E-state index contributed by atoms with van der Waals surface area (Å²) >= 11 is 26.2. The molecule has 182 valence electrons. The van der Waals surface area contributed by atoms with Crippen LogP contribution in [0.1, 0.15) is 21.8 Å². The van der Waals surface area contributed by atoms with Crippen LogP contribution >= 0.6 is 66.7 Å². The highest BCUT2D eigenvalue weighted by atomic mass is 79.9. The third-order valence-electron chi connectivity index (χ3n) is 5.84. The molecule has 0 aliphatic heterocycles. The van der Waals surface area contributed by atoms with E-state index in [9.17, 15) is 18.4 Å². The lowest BCUT2D eigenvalue weighted by molar-refractivity contribution is -0.112. The Morgan fingerprint density at radius 3 is 2.26 bits per heavy atom. The summed E-state index contributed by atoms with van der Waals surface area (Å²) in [5.74, 6) is -3.14. The number of hydrogen-bond acceptors (Lipinski definition) is 3. The van der Waals surface area contributed by atoms with E-state index in [-0.39, 0.29) is 17.1 Å². The molecule has 0 bridgehead atoms. The van der Waals surface area contributed by atoms with Gasteiger partial charge in [-0.15, -0.1) is 0 Å². The van der Waals surface area contributed by atoms with E-state index in [0.29, 0.717) is 5.69 Å². The van der Waals surface area contributed by atoms with Gasteiger partial charge in [-0.25, -0.2) is 8.78 Å². The zero-order valence-electron chi connectivity index (χ0n) is 17.5. The van der Waals surface area contributed by atoms with Gasteiger partial charge in [-0.3, -0.25) is 4.79 Å². The van der Waals surface area contributed by atoms with Crippen LogP contribution in [0.3, 0.4) is 0 Å². The normalized spacial score (nSPS) is 20.3. The highest BCUT2D eigenvalue weighted by Crippen LogP contribution is 2.73. The standard InChI is InChI=1S/C24H15Br2Cl3F2N2O2/c25-13-6-12(7-14(26)8-13)21-23(11-34,24(21,28)29)10-32-15-4-5-17(27)16(9-15)22(35)33-20-18(30)2-1-3-19(20)31/h1-9,11,21,32H,10H2,(H,33,35). The molecule has 1 saturated carbocycles. The third-order valence-corrected chi connectivity index (χ3v) is 8.23. The summed E-state index contributed by atoms with van der Waals surface area (Å²) in [6.07, 6.45) is 0.726. The summed E-state index contributed by atoms with van der Waals surface area (Å²) in [6.45, 7) is 0.0585.